The van der Waals surface area contributed by atoms with Gasteiger partial charge in [-0.2, -0.15) is 0 Å². The summed E-state index contributed by atoms with van der Waals surface area (Å²) < 4.78 is 36.4. The summed E-state index contributed by atoms with van der Waals surface area (Å²) in [4.78, 5) is 0. The molecule has 0 aromatic heterocycles. The number of aliphatic hydroxyl groups is 1. The fourth-order valence-corrected chi connectivity index (χ4v) is 4.65. The van der Waals surface area contributed by atoms with Crippen molar-refractivity contribution in [3.05, 3.63) is 34.1 Å². The first-order chi connectivity index (χ1) is 8.35. The van der Waals surface area contributed by atoms with Gasteiger partial charge in [-0.25, -0.2) is 12.8 Å². The van der Waals surface area contributed by atoms with Crippen LogP contribution in [0, 0.1) is 11.7 Å². The largest absolute Gasteiger partial charge is 0.392 e. The van der Waals surface area contributed by atoms with Crippen LogP contribution in [0.3, 0.4) is 0 Å². The van der Waals surface area contributed by atoms with Crippen LogP contribution in [0.25, 0.3) is 0 Å². The van der Waals surface area contributed by atoms with Gasteiger partial charge >= 0.3 is 0 Å². The van der Waals surface area contributed by atoms with Crippen molar-refractivity contribution >= 4 is 25.8 Å². The van der Waals surface area contributed by atoms with Crippen LogP contribution in [-0.4, -0.2) is 31.1 Å². The number of halogens is 2. The highest BCUT2D eigenvalue weighted by atomic mass is 79.9. The van der Waals surface area contributed by atoms with Crippen LogP contribution in [0.2, 0.25) is 0 Å². The van der Waals surface area contributed by atoms with Gasteiger partial charge in [0.05, 0.1) is 17.6 Å². The lowest BCUT2D eigenvalue weighted by Crippen LogP contribution is -2.24. The Kier molecular flexibility index (Phi) is 4.08. The van der Waals surface area contributed by atoms with E-state index in [0.717, 1.165) is 0 Å². The lowest BCUT2D eigenvalue weighted by Gasteiger charge is -2.16. The molecule has 0 saturated carbocycles. The molecule has 0 radical (unpaired) electrons. The zero-order valence-electron chi connectivity index (χ0n) is 9.64. The Morgan fingerprint density at radius 1 is 1.44 bits per heavy atom. The van der Waals surface area contributed by atoms with Gasteiger partial charge < -0.3 is 5.11 Å². The quantitative estimate of drug-likeness (QED) is 0.917. The summed E-state index contributed by atoms with van der Waals surface area (Å²) in [6.45, 7) is 0. The molecule has 1 saturated heterocycles. The van der Waals surface area contributed by atoms with E-state index in [-0.39, 0.29) is 29.7 Å². The smallest absolute Gasteiger partial charge is 0.150 e. The molecule has 1 N–H and O–H groups in total. The van der Waals surface area contributed by atoms with Crippen molar-refractivity contribution in [2.75, 3.05) is 11.5 Å². The topological polar surface area (TPSA) is 54.4 Å². The summed E-state index contributed by atoms with van der Waals surface area (Å²) in [5.41, 5.74) is 0.665. The summed E-state index contributed by atoms with van der Waals surface area (Å²) in [6.07, 6.45) is 0.0206. The van der Waals surface area contributed by atoms with E-state index in [1.165, 1.54) is 12.1 Å². The molecule has 1 aliphatic heterocycles. The van der Waals surface area contributed by atoms with E-state index in [4.69, 9.17) is 0 Å². The van der Waals surface area contributed by atoms with Gasteiger partial charge in [-0.1, -0.05) is 15.9 Å². The molecule has 0 spiro atoms. The molecule has 18 heavy (non-hydrogen) atoms. The van der Waals surface area contributed by atoms with Crippen LogP contribution >= 0.6 is 15.9 Å². The monoisotopic (exact) mass is 336 g/mol. The molecule has 1 aromatic carbocycles. The number of benzene rings is 1. The number of hydrogen-bond acceptors (Lipinski definition) is 3. The predicted molar refractivity (Wildman–Crippen MR) is 70.6 cm³/mol. The maximum atomic E-state index is 13.2. The normalized spacial score (nSPS) is 24.1. The van der Waals surface area contributed by atoms with E-state index < -0.39 is 15.9 Å². The average Bonchev–Trinajstić information content (AvgIpc) is 2.57. The van der Waals surface area contributed by atoms with Gasteiger partial charge in [0.1, 0.15) is 5.82 Å². The average molecular weight is 337 g/mol. The summed E-state index contributed by atoms with van der Waals surface area (Å²) in [6, 6.07) is 4.43. The maximum Gasteiger partial charge on any atom is 0.150 e. The van der Waals surface area contributed by atoms with Crippen LogP contribution in [0.4, 0.5) is 4.39 Å². The minimum atomic E-state index is -2.99. The van der Waals surface area contributed by atoms with Crippen molar-refractivity contribution in [1.82, 2.24) is 0 Å². The summed E-state index contributed by atoms with van der Waals surface area (Å²) in [7, 11) is -2.99. The van der Waals surface area contributed by atoms with Crippen molar-refractivity contribution in [3.63, 3.8) is 0 Å². The Balaban J connectivity index is 2.05. The Morgan fingerprint density at radius 2 is 2.17 bits per heavy atom. The fraction of sp³-hybridized carbons (Fsp3) is 0.500. The van der Waals surface area contributed by atoms with E-state index in [1.54, 1.807) is 6.07 Å². The van der Waals surface area contributed by atoms with Crippen LogP contribution in [0.15, 0.2) is 22.7 Å². The van der Waals surface area contributed by atoms with Crippen LogP contribution in [-0.2, 0) is 16.3 Å². The summed E-state index contributed by atoms with van der Waals surface area (Å²) in [5, 5.41) is 10.0. The number of rotatable bonds is 3. The molecular formula is C12H14BrFO3S. The first-order valence-electron chi connectivity index (χ1n) is 5.69. The highest BCUT2D eigenvalue weighted by Crippen LogP contribution is 2.25. The fourth-order valence-electron chi connectivity index (χ4n) is 2.26. The van der Waals surface area contributed by atoms with Gasteiger partial charge in [-0.15, -0.1) is 0 Å². The first kappa shape index (κ1) is 14.0. The molecule has 1 fully saturated rings. The lowest BCUT2D eigenvalue weighted by atomic mass is 9.96. The van der Waals surface area contributed by atoms with Crippen molar-refractivity contribution in [2.45, 2.75) is 18.9 Å². The zero-order valence-corrected chi connectivity index (χ0v) is 12.0. The third kappa shape index (κ3) is 3.52. The standard InChI is InChI=1S/C12H14BrFO3S/c13-10-3-8(4-11(14)6-10)5-12(15)9-1-2-18(16,17)7-9/h3-4,6,9,12,15H,1-2,5,7H2. The minimum absolute atomic E-state index is 0.0324. The Labute approximate surface area is 114 Å². The Bertz CT molecular complexity index is 524. The Hall–Kier alpha value is -0.460. The van der Waals surface area contributed by atoms with Crippen LogP contribution < -0.4 is 0 Å². The van der Waals surface area contributed by atoms with Crippen LogP contribution in [0.1, 0.15) is 12.0 Å². The SMILES string of the molecule is O=S1(=O)CCC(C(O)Cc2cc(F)cc(Br)c2)C1. The number of sulfone groups is 1. The highest BCUT2D eigenvalue weighted by Gasteiger charge is 2.32. The molecule has 2 atom stereocenters. The van der Waals surface area contributed by atoms with E-state index in [0.29, 0.717) is 16.5 Å². The van der Waals surface area contributed by atoms with Gasteiger partial charge in [-0.05, 0) is 36.6 Å². The molecule has 0 amide bonds. The molecule has 2 rings (SSSR count). The van der Waals surface area contributed by atoms with Gasteiger partial charge in [0.15, 0.2) is 9.84 Å². The first-order valence-corrected chi connectivity index (χ1v) is 8.30. The molecule has 1 aromatic rings. The minimum Gasteiger partial charge on any atom is -0.392 e. The second-order valence-electron chi connectivity index (χ2n) is 4.71. The van der Waals surface area contributed by atoms with E-state index >= 15 is 0 Å². The van der Waals surface area contributed by atoms with Gasteiger partial charge in [0.2, 0.25) is 0 Å². The van der Waals surface area contributed by atoms with Gasteiger partial charge in [0.25, 0.3) is 0 Å². The maximum absolute atomic E-state index is 13.2. The molecule has 3 nitrogen and oxygen atoms in total. The second-order valence-corrected chi connectivity index (χ2v) is 7.86. The van der Waals surface area contributed by atoms with Crippen LogP contribution in [0.5, 0.6) is 0 Å². The summed E-state index contributed by atoms with van der Waals surface area (Å²) >= 11 is 3.19. The Morgan fingerprint density at radius 3 is 2.72 bits per heavy atom. The van der Waals surface area contributed by atoms with Gasteiger partial charge in [-0.3, -0.25) is 0 Å². The highest BCUT2D eigenvalue weighted by molar-refractivity contribution is 9.10. The summed E-state index contributed by atoms with van der Waals surface area (Å²) in [5.74, 6) is -0.436. The second kappa shape index (κ2) is 5.27. The van der Waals surface area contributed by atoms with E-state index in [2.05, 4.69) is 15.9 Å². The molecule has 100 valence electrons. The zero-order chi connectivity index (χ0) is 13.3. The van der Waals surface area contributed by atoms with Crippen molar-refractivity contribution in [1.29, 1.82) is 0 Å². The van der Waals surface area contributed by atoms with E-state index in [9.17, 15) is 17.9 Å². The number of aliphatic hydroxyl groups excluding tert-OH is 1. The van der Waals surface area contributed by atoms with Crippen molar-refractivity contribution in [3.8, 4) is 0 Å². The molecule has 2 unspecified atom stereocenters. The molecule has 1 heterocycles. The molecular weight excluding hydrogens is 323 g/mol. The molecule has 0 bridgehead atoms. The van der Waals surface area contributed by atoms with E-state index in [1.807, 2.05) is 0 Å². The molecule has 0 aliphatic carbocycles. The predicted octanol–water partition coefficient (Wildman–Crippen LogP) is 1.93. The van der Waals surface area contributed by atoms with Crippen molar-refractivity contribution < 1.29 is 17.9 Å². The molecule has 1 aliphatic rings. The number of hydrogen-bond donors (Lipinski definition) is 1. The van der Waals surface area contributed by atoms with Crippen molar-refractivity contribution in [2.24, 2.45) is 5.92 Å². The third-order valence-corrected chi connectivity index (χ3v) is 5.43. The van der Waals surface area contributed by atoms with Gasteiger partial charge in [0, 0.05) is 10.4 Å². The lowest BCUT2D eigenvalue weighted by molar-refractivity contribution is 0.120. The third-order valence-electron chi connectivity index (χ3n) is 3.18. The molecule has 6 heteroatoms.